The highest BCUT2D eigenvalue weighted by atomic mass is 16.2. The van der Waals surface area contributed by atoms with Crippen LogP contribution in [-0.2, 0) is 9.59 Å². The van der Waals surface area contributed by atoms with Gasteiger partial charge in [0.25, 0.3) is 5.91 Å². The second kappa shape index (κ2) is 8.21. The lowest BCUT2D eigenvalue weighted by atomic mass is 9.93. The summed E-state index contributed by atoms with van der Waals surface area (Å²) in [6.07, 6.45) is 1.01. The van der Waals surface area contributed by atoms with Crippen molar-refractivity contribution in [2.24, 2.45) is 0 Å². The fraction of sp³-hybridized carbons (Fsp3) is 0.526. The average Bonchev–Trinajstić information content (AvgIpc) is 2.90. The van der Waals surface area contributed by atoms with Crippen LogP contribution in [0.3, 0.4) is 0 Å². The molecule has 0 aliphatic carbocycles. The lowest BCUT2D eigenvalue weighted by Crippen LogP contribution is -2.47. The number of anilines is 1. The topological polar surface area (TPSA) is 81.8 Å². The number of hydrogen-bond donors (Lipinski definition) is 2. The van der Waals surface area contributed by atoms with Crippen molar-refractivity contribution in [3.05, 3.63) is 30.3 Å². The van der Waals surface area contributed by atoms with Gasteiger partial charge in [-0.3, -0.25) is 14.5 Å². The SMILES string of the molecule is CCC1(CC)NC(=O)N(CC(=O)NCC(C)N(C)c2ccccc2)C1=O. The van der Waals surface area contributed by atoms with E-state index in [0.717, 1.165) is 10.6 Å². The third-order valence-electron chi connectivity index (χ3n) is 5.17. The van der Waals surface area contributed by atoms with Crippen LogP contribution in [-0.4, -0.2) is 54.5 Å². The zero-order valence-electron chi connectivity index (χ0n) is 15.9. The number of nitrogens with zero attached hydrogens (tertiary/aromatic N) is 2. The predicted octanol–water partition coefficient (Wildman–Crippen LogP) is 1.74. The molecule has 2 N–H and O–H groups in total. The summed E-state index contributed by atoms with van der Waals surface area (Å²) >= 11 is 0. The Morgan fingerprint density at radius 3 is 2.38 bits per heavy atom. The first kappa shape index (κ1) is 19.8. The van der Waals surface area contributed by atoms with Gasteiger partial charge in [0.15, 0.2) is 0 Å². The van der Waals surface area contributed by atoms with Crippen molar-refractivity contribution in [3.63, 3.8) is 0 Å². The lowest BCUT2D eigenvalue weighted by molar-refractivity contribution is -0.135. The van der Waals surface area contributed by atoms with Crippen molar-refractivity contribution < 1.29 is 14.4 Å². The molecule has 1 atom stereocenters. The smallest absolute Gasteiger partial charge is 0.325 e. The third kappa shape index (κ3) is 3.98. The van der Waals surface area contributed by atoms with Crippen molar-refractivity contribution in [1.29, 1.82) is 0 Å². The van der Waals surface area contributed by atoms with E-state index in [-0.39, 0.29) is 24.4 Å². The first-order valence-corrected chi connectivity index (χ1v) is 9.03. The van der Waals surface area contributed by atoms with Gasteiger partial charge in [0.2, 0.25) is 5.91 Å². The molecule has 0 spiro atoms. The van der Waals surface area contributed by atoms with Crippen LogP contribution in [0.4, 0.5) is 10.5 Å². The van der Waals surface area contributed by atoms with Crippen LogP contribution in [0.25, 0.3) is 0 Å². The van der Waals surface area contributed by atoms with Gasteiger partial charge in [0.1, 0.15) is 12.1 Å². The number of carbonyl (C=O) groups excluding carboxylic acids is 3. The molecule has 1 aromatic rings. The van der Waals surface area contributed by atoms with Gasteiger partial charge in [0, 0.05) is 25.3 Å². The Hall–Kier alpha value is -2.57. The Bertz CT molecular complexity index is 658. The van der Waals surface area contributed by atoms with Gasteiger partial charge >= 0.3 is 6.03 Å². The summed E-state index contributed by atoms with van der Waals surface area (Å²) in [7, 11) is 1.96. The van der Waals surface area contributed by atoms with E-state index < -0.39 is 11.6 Å². The van der Waals surface area contributed by atoms with Crippen LogP contribution < -0.4 is 15.5 Å². The molecule has 4 amide bonds. The highest BCUT2D eigenvalue weighted by molar-refractivity contribution is 6.08. The number of likely N-dealkylation sites (N-methyl/N-ethyl adjacent to an activating group) is 1. The minimum Gasteiger partial charge on any atom is -0.370 e. The van der Waals surface area contributed by atoms with Crippen LogP contribution in [0.15, 0.2) is 30.3 Å². The van der Waals surface area contributed by atoms with E-state index in [1.165, 1.54) is 0 Å². The second-order valence-electron chi connectivity index (χ2n) is 6.71. The molecule has 2 rings (SSSR count). The molecular formula is C19H28N4O3. The predicted molar refractivity (Wildman–Crippen MR) is 101 cm³/mol. The first-order valence-electron chi connectivity index (χ1n) is 9.03. The van der Waals surface area contributed by atoms with E-state index in [0.29, 0.717) is 19.4 Å². The maximum Gasteiger partial charge on any atom is 0.325 e. The number of nitrogens with one attached hydrogen (secondary N) is 2. The minimum absolute atomic E-state index is 0.0647. The molecule has 1 aromatic carbocycles. The van der Waals surface area contributed by atoms with E-state index in [2.05, 4.69) is 15.5 Å². The number of hydrogen-bond acceptors (Lipinski definition) is 4. The van der Waals surface area contributed by atoms with Gasteiger partial charge in [-0.15, -0.1) is 0 Å². The van der Waals surface area contributed by atoms with Crippen molar-refractivity contribution in [1.82, 2.24) is 15.5 Å². The van der Waals surface area contributed by atoms with Crippen molar-refractivity contribution >= 4 is 23.5 Å². The molecule has 1 aliphatic heterocycles. The molecule has 26 heavy (non-hydrogen) atoms. The maximum absolute atomic E-state index is 12.5. The van der Waals surface area contributed by atoms with Gasteiger partial charge in [-0.2, -0.15) is 0 Å². The third-order valence-corrected chi connectivity index (χ3v) is 5.17. The zero-order chi connectivity index (χ0) is 19.3. The molecular weight excluding hydrogens is 332 g/mol. The second-order valence-corrected chi connectivity index (χ2v) is 6.71. The fourth-order valence-electron chi connectivity index (χ4n) is 3.06. The number of para-hydroxylation sites is 1. The Labute approximate surface area is 154 Å². The number of carbonyl (C=O) groups is 3. The molecule has 0 saturated carbocycles. The van der Waals surface area contributed by atoms with Crippen molar-refractivity contribution in [2.75, 3.05) is 25.0 Å². The summed E-state index contributed by atoms with van der Waals surface area (Å²) in [5.41, 5.74) is 0.178. The molecule has 0 bridgehead atoms. The van der Waals surface area contributed by atoms with Gasteiger partial charge in [0.05, 0.1) is 0 Å². The number of amides is 4. The molecule has 142 valence electrons. The quantitative estimate of drug-likeness (QED) is 0.692. The summed E-state index contributed by atoms with van der Waals surface area (Å²) < 4.78 is 0. The Kier molecular flexibility index (Phi) is 6.23. The van der Waals surface area contributed by atoms with E-state index >= 15 is 0 Å². The molecule has 7 heteroatoms. The van der Waals surface area contributed by atoms with Crippen LogP contribution in [0.1, 0.15) is 33.6 Å². The van der Waals surface area contributed by atoms with Crippen LogP contribution in [0.2, 0.25) is 0 Å². The number of imide groups is 1. The number of urea groups is 1. The highest BCUT2D eigenvalue weighted by Crippen LogP contribution is 2.24. The Morgan fingerprint density at radius 1 is 1.23 bits per heavy atom. The van der Waals surface area contributed by atoms with Gasteiger partial charge in [-0.1, -0.05) is 32.0 Å². The lowest BCUT2D eigenvalue weighted by Gasteiger charge is -2.27. The summed E-state index contributed by atoms with van der Waals surface area (Å²) in [4.78, 5) is 39.9. The van der Waals surface area contributed by atoms with Gasteiger partial charge in [-0.25, -0.2) is 4.79 Å². The summed E-state index contributed by atoms with van der Waals surface area (Å²) in [6.45, 7) is 5.87. The Balaban J connectivity index is 1.89. The Morgan fingerprint density at radius 2 is 1.85 bits per heavy atom. The summed E-state index contributed by atoms with van der Waals surface area (Å²) in [5.74, 6) is -0.665. The monoisotopic (exact) mass is 360 g/mol. The van der Waals surface area contributed by atoms with E-state index in [1.54, 1.807) is 0 Å². The number of rotatable bonds is 8. The largest absolute Gasteiger partial charge is 0.370 e. The van der Waals surface area contributed by atoms with E-state index in [1.807, 2.05) is 58.2 Å². The minimum atomic E-state index is -0.877. The normalized spacial score (nSPS) is 17.0. The van der Waals surface area contributed by atoms with E-state index in [4.69, 9.17) is 0 Å². The molecule has 7 nitrogen and oxygen atoms in total. The van der Waals surface area contributed by atoms with Gasteiger partial charge < -0.3 is 15.5 Å². The maximum atomic E-state index is 12.5. The van der Waals surface area contributed by atoms with Crippen molar-refractivity contribution in [3.8, 4) is 0 Å². The van der Waals surface area contributed by atoms with E-state index in [9.17, 15) is 14.4 Å². The molecule has 1 aliphatic rings. The molecule has 1 fully saturated rings. The summed E-state index contributed by atoms with van der Waals surface area (Å²) in [6, 6.07) is 9.44. The van der Waals surface area contributed by atoms with Crippen molar-refractivity contribution in [2.45, 2.75) is 45.2 Å². The summed E-state index contributed by atoms with van der Waals surface area (Å²) in [5, 5.41) is 5.54. The first-order chi connectivity index (χ1) is 12.3. The molecule has 0 aromatic heterocycles. The molecule has 0 radical (unpaired) electrons. The zero-order valence-corrected chi connectivity index (χ0v) is 15.9. The van der Waals surface area contributed by atoms with Gasteiger partial charge in [-0.05, 0) is 31.9 Å². The fourth-order valence-corrected chi connectivity index (χ4v) is 3.06. The molecule has 1 heterocycles. The number of benzene rings is 1. The molecule has 1 unspecified atom stereocenters. The van der Waals surface area contributed by atoms with Crippen LogP contribution in [0, 0.1) is 0 Å². The molecule has 1 saturated heterocycles. The average molecular weight is 360 g/mol. The highest BCUT2D eigenvalue weighted by Gasteiger charge is 2.49. The standard InChI is InChI=1S/C19H28N4O3/c1-5-19(6-2)17(25)23(18(26)21-19)13-16(24)20-12-14(3)22(4)15-10-8-7-9-11-15/h7-11,14H,5-6,12-13H2,1-4H3,(H,20,24)(H,21,26). The van der Waals surface area contributed by atoms with Crippen LogP contribution >= 0.6 is 0 Å². The van der Waals surface area contributed by atoms with Crippen LogP contribution in [0.5, 0.6) is 0 Å².